The van der Waals surface area contributed by atoms with Crippen molar-refractivity contribution in [3.63, 3.8) is 0 Å². The molecule has 5 heteroatoms. The third-order valence-electron chi connectivity index (χ3n) is 3.53. The van der Waals surface area contributed by atoms with Crippen molar-refractivity contribution in [1.82, 2.24) is 9.78 Å². The minimum atomic E-state index is -0.0672. The van der Waals surface area contributed by atoms with Gasteiger partial charge >= 0.3 is 0 Å². The molecule has 0 saturated heterocycles. The highest BCUT2D eigenvalue weighted by Crippen LogP contribution is 2.27. The van der Waals surface area contributed by atoms with E-state index in [1.54, 1.807) is 0 Å². The highest BCUT2D eigenvalue weighted by atomic mass is 79.9. The van der Waals surface area contributed by atoms with Crippen LogP contribution in [-0.4, -0.2) is 9.78 Å². The molecule has 1 aromatic heterocycles. The highest BCUT2D eigenvalue weighted by molar-refractivity contribution is 9.10. The zero-order valence-electron chi connectivity index (χ0n) is 12.0. The second kappa shape index (κ2) is 6.29. The molecule has 3 nitrogen and oxygen atoms in total. The van der Waals surface area contributed by atoms with E-state index in [0.717, 1.165) is 44.9 Å². The number of benzene rings is 1. The molecule has 20 heavy (non-hydrogen) atoms. The Labute approximate surface area is 133 Å². The van der Waals surface area contributed by atoms with Gasteiger partial charge in [0.25, 0.3) is 0 Å². The maximum atomic E-state index is 6.33. The SMILES string of the molecule is CCc1nn(C)c(CC(N)c2ccc(Cl)c(C)c2)c1Br. The van der Waals surface area contributed by atoms with E-state index in [4.69, 9.17) is 17.3 Å². The van der Waals surface area contributed by atoms with E-state index in [2.05, 4.69) is 34.0 Å². The van der Waals surface area contributed by atoms with Crippen molar-refractivity contribution in [2.24, 2.45) is 12.8 Å². The first-order chi connectivity index (χ1) is 9.43. The van der Waals surface area contributed by atoms with E-state index in [1.807, 2.05) is 30.8 Å². The van der Waals surface area contributed by atoms with Gasteiger partial charge in [-0.3, -0.25) is 4.68 Å². The van der Waals surface area contributed by atoms with Crippen LogP contribution in [0.2, 0.25) is 5.02 Å². The molecule has 0 aliphatic carbocycles. The zero-order valence-corrected chi connectivity index (χ0v) is 14.3. The molecule has 1 heterocycles. The summed E-state index contributed by atoms with van der Waals surface area (Å²) in [6.07, 6.45) is 1.65. The van der Waals surface area contributed by atoms with Crippen LogP contribution in [0.1, 0.15) is 35.5 Å². The third-order valence-corrected chi connectivity index (χ3v) is 4.87. The van der Waals surface area contributed by atoms with Gasteiger partial charge in [-0.25, -0.2) is 0 Å². The van der Waals surface area contributed by atoms with Crippen LogP contribution in [0.15, 0.2) is 22.7 Å². The molecule has 0 fully saturated rings. The first-order valence-corrected chi connectivity index (χ1v) is 7.83. The molecule has 1 unspecified atom stereocenters. The van der Waals surface area contributed by atoms with E-state index < -0.39 is 0 Å². The summed E-state index contributed by atoms with van der Waals surface area (Å²) in [5, 5.41) is 5.27. The van der Waals surface area contributed by atoms with Crippen LogP contribution in [0, 0.1) is 6.92 Å². The molecule has 1 atom stereocenters. The second-order valence-corrected chi connectivity index (χ2v) is 6.20. The molecule has 0 bridgehead atoms. The van der Waals surface area contributed by atoms with Crippen LogP contribution in [0.5, 0.6) is 0 Å². The summed E-state index contributed by atoms with van der Waals surface area (Å²) in [4.78, 5) is 0. The average Bonchev–Trinajstić information content (AvgIpc) is 2.69. The topological polar surface area (TPSA) is 43.8 Å². The molecule has 0 amide bonds. The maximum Gasteiger partial charge on any atom is 0.0766 e. The largest absolute Gasteiger partial charge is 0.324 e. The fourth-order valence-electron chi connectivity index (χ4n) is 2.27. The molecule has 1 aromatic carbocycles. The normalized spacial score (nSPS) is 12.7. The fourth-order valence-corrected chi connectivity index (χ4v) is 3.16. The molecule has 2 rings (SSSR count). The fraction of sp³-hybridized carbons (Fsp3) is 0.400. The summed E-state index contributed by atoms with van der Waals surface area (Å²) in [6.45, 7) is 4.09. The Hall–Kier alpha value is -0.840. The van der Waals surface area contributed by atoms with Gasteiger partial charge in [0.1, 0.15) is 0 Å². The molecular formula is C15H19BrClN3. The van der Waals surface area contributed by atoms with Gasteiger partial charge in [0, 0.05) is 24.5 Å². The number of nitrogens with zero attached hydrogens (tertiary/aromatic N) is 2. The Morgan fingerprint density at radius 3 is 2.70 bits per heavy atom. The highest BCUT2D eigenvalue weighted by Gasteiger charge is 2.16. The third kappa shape index (κ3) is 3.08. The van der Waals surface area contributed by atoms with Gasteiger partial charge in [-0.1, -0.05) is 30.7 Å². The van der Waals surface area contributed by atoms with Crippen molar-refractivity contribution < 1.29 is 0 Å². The lowest BCUT2D eigenvalue weighted by atomic mass is 10.0. The molecule has 2 N–H and O–H groups in total. The zero-order chi connectivity index (χ0) is 14.9. The van der Waals surface area contributed by atoms with Crippen molar-refractivity contribution in [2.45, 2.75) is 32.7 Å². The molecule has 0 radical (unpaired) electrons. The number of halogens is 2. The van der Waals surface area contributed by atoms with Crippen molar-refractivity contribution in [2.75, 3.05) is 0 Å². The van der Waals surface area contributed by atoms with E-state index in [1.165, 1.54) is 0 Å². The lowest BCUT2D eigenvalue weighted by Gasteiger charge is -2.14. The van der Waals surface area contributed by atoms with Crippen LogP contribution in [0.3, 0.4) is 0 Å². The van der Waals surface area contributed by atoms with Crippen molar-refractivity contribution in [3.05, 3.63) is 50.2 Å². The number of hydrogen-bond acceptors (Lipinski definition) is 2. The van der Waals surface area contributed by atoms with Crippen molar-refractivity contribution in [1.29, 1.82) is 0 Å². The van der Waals surface area contributed by atoms with Gasteiger partial charge in [-0.15, -0.1) is 0 Å². The van der Waals surface area contributed by atoms with E-state index in [9.17, 15) is 0 Å². The van der Waals surface area contributed by atoms with E-state index >= 15 is 0 Å². The lowest BCUT2D eigenvalue weighted by molar-refractivity contribution is 0.636. The summed E-state index contributed by atoms with van der Waals surface area (Å²) in [6, 6.07) is 5.88. The first-order valence-electron chi connectivity index (χ1n) is 6.65. The minimum absolute atomic E-state index is 0.0672. The Balaban J connectivity index is 2.25. The smallest absolute Gasteiger partial charge is 0.0766 e. The summed E-state index contributed by atoms with van der Waals surface area (Å²) >= 11 is 9.69. The molecule has 2 aromatic rings. The predicted octanol–water partition coefficient (Wildman–Crippen LogP) is 3.95. The van der Waals surface area contributed by atoms with Gasteiger partial charge < -0.3 is 5.73 Å². The number of aryl methyl sites for hydroxylation is 3. The Bertz CT molecular complexity index is 622. The number of aromatic nitrogens is 2. The van der Waals surface area contributed by atoms with Crippen LogP contribution in [0.4, 0.5) is 0 Å². The first kappa shape index (κ1) is 15.5. The van der Waals surface area contributed by atoms with Crippen molar-refractivity contribution >= 4 is 27.5 Å². The Morgan fingerprint density at radius 1 is 1.45 bits per heavy atom. The quantitative estimate of drug-likeness (QED) is 0.901. The minimum Gasteiger partial charge on any atom is -0.324 e. The summed E-state index contributed by atoms with van der Waals surface area (Å²) < 4.78 is 2.98. The van der Waals surface area contributed by atoms with Gasteiger partial charge in [0.05, 0.1) is 15.9 Å². The number of hydrogen-bond donors (Lipinski definition) is 1. The molecule has 0 aliphatic rings. The number of rotatable bonds is 4. The monoisotopic (exact) mass is 355 g/mol. The summed E-state index contributed by atoms with van der Waals surface area (Å²) in [5.41, 5.74) is 10.7. The maximum absolute atomic E-state index is 6.33. The molecule has 0 aliphatic heterocycles. The van der Waals surface area contributed by atoms with Gasteiger partial charge in [-0.2, -0.15) is 5.10 Å². The Morgan fingerprint density at radius 2 is 2.15 bits per heavy atom. The van der Waals surface area contributed by atoms with Crippen LogP contribution in [0.25, 0.3) is 0 Å². The van der Waals surface area contributed by atoms with Crippen molar-refractivity contribution in [3.8, 4) is 0 Å². The van der Waals surface area contributed by atoms with Crippen LogP contribution >= 0.6 is 27.5 Å². The molecule has 108 valence electrons. The Kier molecular flexibility index (Phi) is 4.89. The average molecular weight is 357 g/mol. The van der Waals surface area contributed by atoms with Crippen LogP contribution in [-0.2, 0) is 19.9 Å². The molecule has 0 spiro atoms. The molecular weight excluding hydrogens is 338 g/mol. The van der Waals surface area contributed by atoms with Gasteiger partial charge in [0.2, 0.25) is 0 Å². The lowest BCUT2D eigenvalue weighted by Crippen LogP contribution is -2.15. The summed E-state index contributed by atoms with van der Waals surface area (Å²) in [5.74, 6) is 0. The van der Waals surface area contributed by atoms with Gasteiger partial charge in [0.15, 0.2) is 0 Å². The second-order valence-electron chi connectivity index (χ2n) is 5.00. The number of nitrogens with two attached hydrogens (primary N) is 1. The van der Waals surface area contributed by atoms with E-state index in [-0.39, 0.29) is 6.04 Å². The predicted molar refractivity (Wildman–Crippen MR) is 87.1 cm³/mol. The van der Waals surface area contributed by atoms with Crippen LogP contribution < -0.4 is 5.73 Å². The molecule has 0 saturated carbocycles. The summed E-state index contributed by atoms with van der Waals surface area (Å²) in [7, 11) is 1.96. The van der Waals surface area contributed by atoms with E-state index in [0.29, 0.717) is 0 Å². The van der Waals surface area contributed by atoms with Gasteiger partial charge in [-0.05, 0) is 46.5 Å². The standard InChI is InChI=1S/C15H19BrClN3/c1-4-13-15(16)14(20(3)19-13)8-12(18)10-5-6-11(17)9(2)7-10/h5-7,12H,4,8,18H2,1-3H3.